The van der Waals surface area contributed by atoms with Crippen molar-refractivity contribution in [3.05, 3.63) is 42.0 Å². The molecule has 1 rings (SSSR count). The van der Waals surface area contributed by atoms with E-state index in [0.29, 0.717) is 0 Å². The van der Waals surface area contributed by atoms with Crippen molar-refractivity contribution in [2.45, 2.75) is 6.10 Å². The van der Waals surface area contributed by atoms with Gasteiger partial charge in [0.05, 0.1) is 13.2 Å². The highest BCUT2D eigenvalue weighted by atomic mass is 16.3. The van der Waals surface area contributed by atoms with Gasteiger partial charge in [0.25, 0.3) is 0 Å². The number of aliphatic hydroxyl groups excluding tert-OH is 3. The molecule has 16 heavy (non-hydrogen) atoms. The van der Waals surface area contributed by atoms with Crippen molar-refractivity contribution < 1.29 is 20.1 Å². The van der Waals surface area contributed by atoms with Crippen LogP contribution in [0, 0.1) is 0 Å². The number of carbonyl (C=O) groups is 1. The zero-order chi connectivity index (χ0) is 12.2. The summed E-state index contributed by atoms with van der Waals surface area (Å²) in [7, 11) is 0. The van der Waals surface area contributed by atoms with E-state index >= 15 is 0 Å². The third-order valence-corrected chi connectivity index (χ3v) is 1.59. The van der Waals surface area contributed by atoms with E-state index in [1.54, 1.807) is 6.08 Å². The molecule has 3 N–H and O–H groups in total. The lowest BCUT2D eigenvalue weighted by Crippen LogP contribution is -2.15. The van der Waals surface area contributed by atoms with Gasteiger partial charge in [0.2, 0.25) is 0 Å². The molecule has 0 radical (unpaired) electrons. The molecule has 1 aromatic rings. The Bertz CT molecular complexity index is 291. The molecule has 0 spiro atoms. The van der Waals surface area contributed by atoms with E-state index in [-0.39, 0.29) is 13.2 Å². The van der Waals surface area contributed by atoms with Gasteiger partial charge < -0.3 is 15.3 Å². The Kier molecular flexibility index (Phi) is 9.11. The van der Waals surface area contributed by atoms with Crippen LogP contribution in [0.1, 0.15) is 5.56 Å². The second-order valence-corrected chi connectivity index (χ2v) is 2.92. The number of aliphatic hydroxyl groups is 3. The first-order valence-electron chi connectivity index (χ1n) is 4.81. The van der Waals surface area contributed by atoms with Crippen LogP contribution in [0.4, 0.5) is 0 Å². The third kappa shape index (κ3) is 7.87. The molecule has 0 atom stereocenters. The summed E-state index contributed by atoms with van der Waals surface area (Å²) < 4.78 is 0. The number of allylic oxidation sites excluding steroid dienone is 1. The van der Waals surface area contributed by atoms with E-state index in [2.05, 4.69) is 0 Å². The van der Waals surface area contributed by atoms with Gasteiger partial charge in [-0.1, -0.05) is 36.4 Å². The molecule has 0 aliphatic carbocycles. The maximum Gasteiger partial charge on any atom is 0.142 e. The molecule has 1 aromatic carbocycles. The summed E-state index contributed by atoms with van der Waals surface area (Å²) in [6.45, 7) is -0.729. The van der Waals surface area contributed by atoms with E-state index in [9.17, 15) is 4.79 Å². The Hall–Kier alpha value is -1.49. The predicted octanol–water partition coefficient (Wildman–Crippen LogP) is 0.231. The summed E-state index contributed by atoms with van der Waals surface area (Å²) >= 11 is 0. The largest absolute Gasteiger partial charge is 0.394 e. The second-order valence-electron chi connectivity index (χ2n) is 2.92. The zero-order valence-corrected chi connectivity index (χ0v) is 8.86. The van der Waals surface area contributed by atoms with Crippen LogP contribution in [0.2, 0.25) is 0 Å². The molecule has 88 valence electrons. The maximum absolute atomic E-state index is 9.89. The predicted molar refractivity (Wildman–Crippen MR) is 61.7 cm³/mol. The number of hydrogen-bond donors (Lipinski definition) is 3. The van der Waals surface area contributed by atoms with E-state index in [1.165, 1.54) is 6.08 Å². The molecule has 0 saturated heterocycles. The summed E-state index contributed by atoms with van der Waals surface area (Å²) in [6.07, 6.45) is 3.07. The lowest BCUT2D eigenvalue weighted by Gasteiger charge is -1.96. The van der Waals surface area contributed by atoms with Crippen LogP contribution in [0.25, 0.3) is 6.08 Å². The molecule has 4 heteroatoms. The highest BCUT2D eigenvalue weighted by molar-refractivity contribution is 5.73. The Morgan fingerprint density at radius 3 is 2.06 bits per heavy atom. The van der Waals surface area contributed by atoms with Gasteiger partial charge in [-0.05, 0) is 11.6 Å². The van der Waals surface area contributed by atoms with Crippen LogP contribution < -0.4 is 0 Å². The average Bonchev–Trinajstić information content (AvgIpc) is 2.37. The Morgan fingerprint density at radius 1 is 1.12 bits per heavy atom. The fraction of sp³-hybridized carbons (Fsp3) is 0.250. The van der Waals surface area contributed by atoms with Crippen LogP contribution in [-0.2, 0) is 4.79 Å². The van der Waals surface area contributed by atoms with Crippen molar-refractivity contribution in [3.63, 3.8) is 0 Å². The monoisotopic (exact) mass is 224 g/mol. The normalized spacial score (nSPS) is 10.0. The molecule has 0 unspecified atom stereocenters. The number of aldehydes is 1. The van der Waals surface area contributed by atoms with Crippen molar-refractivity contribution in [2.75, 3.05) is 13.2 Å². The molecular weight excluding hydrogens is 208 g/mol. The van der Waals surface area contributed by atoms with Gasteiger partial charge in [0.15, 0.2) is 0 Å². The lowest BCUT2D eigenvalue weighted by molar-refractivity contribution is -0.104. The Morgan fingerprint density at radius 2 is 1.69 bits per heavy atom. The SMILES string of the molecule is O=CC=Cc1ccccc1.OCC(O)CO. The van der Waals surface area contributed by atoms with Gasteiger partial charge in [0.1, 0.15) is 12.4 Å². The topological polar surface area (TPSA) is 77.8 Å². The van der Waals surface area contributed by atoms with Gasteiger partial charge in [0, 0.05) is 0 Å². The molecule has 0 amide bonds. The highest BCUT2D eigenvalue weighted by Gasteiger charge is 1.93. The van der Waals surface area contributed by atoms with Crippen LogP contribution in [0.3, 0.4) is 0 Å². The van der Waals surface area contributed by atoms with Gasteiger partial charge >= 0.3 is 0 Å². The van der Waals surface area contributed by atoms with Crippen LogP contribution in [-0.4, -0.2) is 40.9 Å². The standard InChI is InChI=1S/C9H8O.C3H8O3/c10-8-4-7-9-5-2-1-3-6-9;4-1-3(6)2-5/h1-8H;3-6H,1-2H2. The van der Waals surface area contributed by atoms with Crippen molar-refractivity contribution in [2.24, 2.45) is 0 Å². The zero-order valence-electron chi connectivity index (χ0n) is 8.86. The smallest absolute Gasteiger partial charge is 0.142 e. The van der Waals surface area contributed by atoms with Crippen molar-refractivity contribution >= 4 is 12.4 Å². The lowest BCUT2D eigenvalue weighted by atomic mass is 10.2. The molecule has 0 aliphatic heterocycles. The number of benzene rings is 1. The third-order valence-electron chi connectivity index (χ3n) is 1.59. The maximum atomic E-state index is 9.89. The van der Waals surface area contributed by atoms with Gasteiger partial charge in [-0.25, -0.2) is 0 Å². The van der Waals surface area contributed by atoms with Crippen LogP contribution in [0.15, 0.2) is 36.4 Å². The quantitative estimate of drug-likeness (QED) is 0.505. The Labute approximate surface area is 94.5 Å². The first-order chi connectivity index (χ1) is 7.74. The minimum atomic E-state index is -0.954. The van der Waals surface area contributed by atoms with Gasteiger partial charge in [-0.2, -0.15) is 0 Å². The fourth-order valence-corrected chi connectivity index (χ4v) is 0.772. The molecule has 0 saturated carbocycles. The first-order valence-corrected chi connectivity index (χ1v) is 4.81. The molecule has 0 aromatic heterocycles. The van der Waals surface area contributed by atoms with E-state index in [0.717, 1.165) is 11.8 Å². The summed E-state index contributed by atoms with van der Waals surface area (Å²) in [5.74, 6) is 0. The Balaban J connectivity index is 0.000000325. The van der Waals surface area contributed by atoms with E-state index in [1.807, 2.05) is 30.3 Å². The molecule has 0 aliphatic rings. The van der Waals surface area contributed by atoms with Crippen LogP contribution in [0.5, 0.6) is 0 Å². The highest BCUT2D eigenvalue weighted by Crippen LogP contribution is 1.99. The summed E-state index contributed by atoms with van der Waals surface area (Å²) in [5, 5.41) is 24.0. The fourth-order valence-electron chi connectivity index (χ4n) is 0.772. The van der Waals surface area contributed by atoms with Gasteiger partial charge in [-0.15, -0.1) is 0 Å². The molecular formula is C12H16O4. The molecule has 4 nitrogen and oxygen atoms in total. The number of carbonyl (C=O) groups excluding carboxylic acids is 1. The second kappa shape index (κ2) is 10.0. The molecule has 0 heterocycles. The number of rotatable bonds is 4. The molecule has 0 fully saturated rings. The van der Waals surface area contributed by atoms with Crippen molar-refractivity contribution in [1.82, 2.24) is 0 Å². The minimum absolute atomic E-state index is 0.365. The van der Waals surface area contributed by atoms with Gasteiger partial charge in [-0.3, -0.25) is 4.79 Å². The van der Waals surface area contributed by atoms with Crippen LogP contribution >= 0.6 is 0 Å². The van der Waals surface area contributed by atoms with E-state index < -0.39 is 6.10 Å². The number of hydrogen-bond acceptors (Lipinski definition) is 4. The van der Waals surface area contributed by atoms with Crippen molar-refractivity contribution in [1.29, 1.82) is 0 Å². The summed E-state index contributed by atoms with van der Waals surface area (Å²) in [6, 6.07) is 9.70. The molecule has 0 bridgehead atoms. The summed E-state index contributed by atoms with van der Waals surface area (Å²) in [5.41, 5.74) is 1.05. The first kappa shape index (κ1) is 14.5. The minimum Gasteiger partial charge on any atom is -0.394 e. The average molecular weight is 224 g/mol. The van der Waals surface area contributed by atoms with Crippen molar-refractivity contribution in [3.8, 4) is 0 Å². The van der Waals surface area contributed by atoms with E-state index in [4.69, 9.17) is 15.3 Å². The summed E-state index contributed by atoms with van der Waals surface area (Å²) in [4.78, 5) is 9.89.